The molecule has 0 atom stereocenters. The van der Waals surface area contributed by atoms with Gasteiger partial charge in [-0.2, -0.15) is 0 Å². The van der Waals surface area contributed by atoms with Crippen molar-refractivity contribution in [2.45, 2.75) is 6.42 Å². The molecule has 2 rings (SSSR count). The summed E-state index contributed by atoms with van der Waals surface area (Å²) in [6.45, 7) is 0.618. The Balaban J connectivity index is 1.69. The number of nitrogens with one attached hydrogen (secondary N) is 1. The Morgan fingerprint density at radius 1 is 1.26 bits per heavy atom. The van der Waals surface area contributed by atoms with E-state index in [-0.39, 0.29) is 12.4 Å². The molecule has 1 N–H and O–H groups in total. The summed E-state index contributed by atoms with van der Waals surface area (Å²) < 4.78 is 14.8. The first-order valence-electron chi connectivity index (χ1n) is 6.88. The van der Waals surface area contributed by atoms with Gasteiger partial charge in [0, 0.05) is 16.6 Å². The Hall–Kier alpha value is -1.92. The lowest BCUT2D eigenvalue weighted by atomic mass is 10.1. The largest absolute Gasteiger partial charge is 0.493 e. The number of benzene rings is 1. The van der Waals surface area contributed by atoms with Gasteiger partial charge in [-0.15, -0.1) is 0 Å². The molecular formula is C15H15Cl2NO5. The van der Waals surface area contributed by atoms with E-state index in [0.717, 1.165) is 5.56 Å². The zero-order valence-electron chi connectivity index (χ0n) is 12.1. The van der Waals surface area contributed by atoms with Crippen molar-refractivity contribution in [1.29, 1.82) is 0 Å². The van der Waals surface area contributed by atoms with E-state index in [2.05, 4.69) is 5.32 Å². The minimum absolute atomic E-state index is 0.0444. The van der Waals surface area contributed by atoms with Crippen LogP contribution >= 0.6 is 23.2 Å². The average molecular weight is 360 g/mol. The molecule has 124 valence electrons. The second-order valence-electron chi connectivity index (χ2n) is 4.61. The highest BCUT2D eigenvalue weighted by Gasteiger charge is 2.17. The number of amides is 1. The number of esters is 1. The third kappa shape index (κ3) is 5.65. The van der Waals surface area contributed by atoms with Gasteiger partial charge in [0.1, 0.15) is 19.5 Å². The minimum Gasteiger partial charge on any atom is -0.493 e. The molecular weight excluding hydrogens is 345 g/mol. The third-order valence-corrected chi connectivity index (χ3v) is 3.50. The molecule has 23 heavy (non-hydrogen) atoms. The molecule has 0 aliphatic carbocycles. The van der Waals surface area contributed by atoms with Crippen LogP contribution in [0.1, 0.15) is 5.56 Å². The van der Waals surface area contributed by atoms with Crippen molar-refractivity contribution in [1.82, 2.24) is 5.32 Å². The lowest BCUT2D eigenvalue weighted by Crippen LogP contribution is -2.31. The number of ether oxygens (including phenoxy) is 3. The van der Waals surface area contributed by atoms with Gasteiger partial charge in [0.25, 0.3) is 5.91 Å². The predicted molar refractivity (Wildman–Crippen MR) is 84.1 cm³/mol. The van der Waals surface area contributed by atoms with E-state index in [1.165, 1.54) is 6.26 Å². The fourth-order valence-corrected chi connectivity index (χ4v) is 2.29. The highest BCUT2D eigenvalue weighted by Crippen LogP contribution is 2.21. The normalized spacial score (nSPS) is 13.4. The summed E-state index contributed by atoms with van der Waals surface area (Å²) in [6.07, 6.45) is 1.71. The highest BCUT2D eigenvalue weighted by atomic mass is 35.5. The molecule has 1 heterocycles. The van der Waals surface area contributed by atoms with Crippen LogP contribution in [0.15, 0.2) is 30.2 Å². The summed E-state index contributed by atoms with van der Waals surface area (Å²) >= 11 is 11.8. The van der Waals surface area contributed by atoms with E-state index < -0.39 is 18.5 Å². The van der Waals surface area contributed by atoms with E-state index in [1.807, 2.05) is 0 Å². The smallest absolute Gasteiger partial charge is 0.377 e. The standard InChI is InChI=1S/C15H15Cl2NO5/c16-11-2-1-10(12(17)7-11)3-4-18-14(19)9-23-15(20)13-8-21-5-6-22-13/h1-2,7-8H,3-6,9H2,(H,18,19). The number of carbonyl (C=O) groups is 2. The molecule has 1 aliphatic rings. The van der Waals surface area contributed by atoms with Gasteiger partial charge in [0.2, 0.25) is 5.76 Å². The molecule has 1 amide bonds. The molecule has 0 radical (unpaired) electrons. The number of carbonyl (C=O) groups excluding carboxylic acids is 2. The fraction of sp³-hybridized carbons (Fsp3) is 0.333. The van der Waals surface area contributed by atoms with Crippen LogP contribution < -0.4 is 5.32 Å². The lowest BCUT2D eigenvalue weighted by Gasteiger charge is -2.14. The summed E-state index contributed by atoms with van der Waals surface area (Å²) in [6, 6.07) is 5.16. The van der Waals surface area contributed by atoms with Gasteiger partial charge in [-0.3, -0.25) is 4.79 Å². The molecule has 0 fully saturated rings. The van der Waals surface area contributed by atoms with Gasteiger partial charge in [0.15, 0.2) is 6.61 Å². The molecule has 0 unspecified atom stereocenters. The number of hydrogen-bond acceptors (Lipinski definition) is 5. The van der Waals surface area contributed by atoms with Crippen LogP contribution in [0, 0.1) is 0 Å². The maximum Gasteiger partial charge on any atom is 0.377 e. The molecule has 0 aromatic heterocycles. The number of hydrogen-bond donors (Lipinski definition) is 1. The topological polar surface area (TPSA) is 73.9 Å². The summed E-state index contributed by atoms with van der Waals surface area (Å²) in [5.41, 5.74) is 0.867. The Kier molecular flexibility index (Phi) is 6.55. The van der Waals surface area contributed by atoms with E-state index in [4.69, 9.17) is 37.4 Å². The fourth-order valence-electron chi connectivity index (χ4n) is 1.79. The van der Waals surface area contributed by atoms with Crippen molar-refractivity contribution >= 4 is 35.1 Å². The molecule has 0 saturated heterocycles. The molecule has 0 saturated carbocycles. The second kappa shape index (κ2) is 8.64. The van der Waals surface area contributed by atoms with Crippen LogP contribution in [0.2, 0.25) is 10.0 Å². The van der Waals surface area contributed by atoms with Crippen LogP contribution in [-0.2, 0) is 30.2 Å². The number of rotatable bonds is 6. The van der Waals surface area contributed by atoms with Gasteiger partial charge >= 0.3 is 5.97 Å². The Morgan fingerprint density at radius 3 is 2.78 bits per heavy atom. The molecule has 1 aliphatic heterocycles. The average Bonchev–Trinajstić information content (AvgIpc) is 2.55. The molecule has 1 aromatic rings. The SMILES string of the molecule is O=C(COC(=O)C1=COCCO1)NCCc1ccc(Cl)cc1Cl. The maximum absolute atomic E-state index is 11.6. The number of halogens is 2. The van der Waals surface area contributed by atoms with E-state index in [0.29, 0.717) is 29.6 Å². The first-order valence-corrected chi connectivity index (χ1v) is 7.64. The van der Waals surface area contributed by atoms with Crippen molar-refractivity contribution in [2.75, 3.05) is 26.4 Å². The van der Waals surface area contributed by atoms with Crippen LogP contribution in [0.3, 0.4) is 0 Å². The van der Waals surface area contributed by atoms with Crippen molar-refractivity contribution < 1.29 is 23.8 Å². The summed E-state index contributed by atoms with van der Waals surface area (Å²) in [5, 5.41) is 3.73. The van der Waals surface area contributed by atoms with Gasteiger partial charge in [-0.05, 0) is 24.1 Å². The summed E-state index contributed by atoms with van der Waals surface area (Å²) in [4.78, 5) is 23.2. The van der Waals surface area contributed by atoms with Gasteiger partial charge in [-0.25, -0.2) is 4.79 Å². The van der Waals surface area contributed by atoms with Crippen LogP contribution in [0.25, 0.3) is 0 Å². The van der Waals surface area contributed by atoms with Crippen molar-refractivity contribution in [3.63, 3.8) is 0 Å². The minimum atomic E-state index is -0.736. The first kappa shape index (κ1) is 17.4. The van der Waals surface area contributed by atoms with Crippen LogP contribution in [0.5, 0.6) is 0 Å². The first-order chi connectivity index (χ1) is 11.1. The van der Waals surface area contributed by atoms with Crippen LogP contribution in [0.4, 0.5) is 0 Å². The molecule has 8 heteroatoms. The quantitative estimate of drug-likeness (QED) is 0.787. The zero-order chi connectivity index (χ0) is 16.7. The van der Waals surface area contributed by atoms with Gasteiger partial charge in [0.05, 0.1) is 0 Å². The van der Waals surface area contributed by atoms with Gasteiger partial charge in [-0.1, -0.05) is 29.3 Å². The molecule has 0 spiro atoms. The van der Waals surface area contributed by atoms with E-state index in [9.17, 15) is 9.59 Å². The van der Waals surface area contributed by atoms with Crippen molar-refractivity contribution in [2.24, 2.45) is 0 Å². The van der Waals surface area contributed by atoms with E-state index >= 15 is 0 Å². The molecule has 6 nitrogen and oxygen atoms in total. The van der Waals surface area contributed by atoms with Gasteiger partial charge < -0.3 is 19.5 Å². The van der Waals surface area contributed by atoms with Crippen molar-refractivity contribution in [3.8, 4) is 0 Å². The van der Waals surface area contributed by atoms with Crippen LogP contribution in [-0.4, -0.2) is 38.2 Å². The Morgan fingerprint density at radius 2 is 2.09 bits per heavy atom. The summed E-state index contributed by atoms with van der Waals surface area (Å²) in [5.74, 6) is -1.20. The second-order valence-corrected chi connectivity index (χ2v) is 5.46. The Labute approximate surface area is 143 Å². The van der Waals surface area contributed by atoms with E-state index in [1.54, 1.807) is 18.2 Å². The molecule has 1 aromatic carbocycles. The van der Waals surface area contributed by atoms with Crippen molar-refractivity contribution in [3.05, 3.63) is 45.8 Å². The highest BCUT2D eigenvalue weighted by molar-refractivity contribution is 6.35. The molecule has 0 bridgehead atoms. The maximum atomic E-state index is 11.6. The lowest BCUT2D eigenvalue weighted by molar-refractivity contribution is -0.149. The Bertz CT molecular complexity index is 618. The summed E-state index contributed by atoms with van der Waals surface area (Å²) in [7, 11) is 0. The zero-order valence-corrected chi connectivity index (χ0v) is 13.7. The monoisotopic (exact) mass is 359 g/mol. The third-order valence-electron chi connectivity index (χ3n) is 2.92. The predicted octanol–water partition coefficient (Wildman–Crippen LogP) is 2.08.